The molecule has 0 spiro atoms. The van der Waals surface area contributed by atoms with Crippen LogP contribution in [0.2, 0.25) is 0 Å². The summed E-state index contributed by atoms with van der Waals surface area (Å²) in [5.74, 6) is 0. The van der Waals surface area contributed by atoms with Crippen molar-refractivity contribution in [2.24, 2.45) is 0 Å². The fraction of sp³-hybridized carbons (Fsp3) is 0.444. The topological polar surface area (TPSA) is 18.8 Å². The van der Waals surface area contributed by atoms with E-state index in [4.69, 9.17) is 0 Å². The van der Waals surface area contributed by atoms with Crippen molar-refractivity contribution in [3.63, 3.8) is 0 Å². The largest absolute Gasteiger partial charge is 1.00 e. The minimum atomic E-state index is 0. The van der Waals surface area contributed by atoms with Crippen molar-refractivity contribution in [1.82, 2.24) is 4.98 Å². The Morgan fingerprint density at radius 2 is 2.08 bits per heavy atom. The van der Waals surface area contributed by atoms with Crippen molar-refractivity contribution in [2.75, 3.05) is 13.1 Å². The molecule has 1 aromatic rings. The number of rotatable bonds is 1. The van der Waals surface area contributed by atoms with E-state index in [2.05, 4.69) is 37.8 Å². The molecule has 0 radical (unpaired) electrons. The van der Waals surface area contributed by atoms with E-state index in [1.807, 2.05) is 6.20 Å². The van der Waals surface area contributed by atoms with E-state index in [0.29, 0.717) is 0 Å². The number of aromatic nitrogens is 1. The summed E-state index contributed by atoms with van der Waals surface area (Å²) in [6.07, 6.45) is 6.82. The van der Waals surface area contributed by atoms with Gasteiger partial charge in [-0.1, -0.05) is 0 Å². The Bertz CT molecular complexity index is 296. The molecule has 4 heteroatoms. The molecule has 2 nitrogen and oxygen atoms in total. The fourth-order valence-electron chi connectivity index (χ4n) is 1.53. The molecule has 1 aliphatic rings. The zero-order chi connectivity index (χ0) is 8.39. The average molecular weight is 308 g/mol. The monoisotopic (exact) mass is 306 g/mol. The summed E-state index contributed by atoms with van der Waals surface area (Å²) in [6, 6.07) is 2.10. The van der Waals surface area contributed by atoms with Gasteiger partial charge in [0, 0.05) is 23.5 Å². The molecular weight excluding hydrogens is 296 g/mol. The minimum Gasteiger partial charge on any atom is -1.00 e. The van der Waals surface area contributed by atoms with Gasteiger partial charge in [-0.25, -0.2) is 4.58 Å². The Balaban J connectivity index is 0.000000845. The van der Waals surface area contributed by atoms with Crippen LogP contribution in [0.5, 0.6) is 0 Å². The number of hydrogen-bond donors (Lipinski definition) is 1. The van der Waals surface area contributed by atoms with Crippen LogP contribution in [0.4, 0.5) is 0 Å². The number of halogens is 2. The molecule has 1 saturated heterocycles. The van der Waals surface area contributed by atoms with Crippen LogP contribution in [-0.4, -0.2) is 28.9 Å². The van der Waals surface area contributed by atoms with Crippen LogP contribution in [-0.2, 0) is 0 Å². The highest BCUT2D eigenvalue weighted by atomic mass is 79.9. The van der Waals surface area contributed by atoms with Gasteiger partial charge in [-0.05, 0) is 22.0 Å². The molecule has 0 aromatic carbocycles. The van der Waals surface area contributed by atoms with Gasteiger partial charge < -0.3 is 22.0 Å². The predicted molar refractivity (Wildman–Crippen MR) is 52.9 cm³/mol. The van der Waals surface area contributed by atoms with Gasteiger partial charge >= 0.3 is 0 Å². The van der Waals surface area contributed by atoms with E-state index in [-0.39, 0.29) is 17.0 Å². The first kappa shape index (κ1) is 11.0. The molecular formula is C9H12Br2N2. The van der Waals surface area contributed by atoms with Crippen LogP contribution in [0.15, 0.2) is 16.7 Å². The molecule has 2 heterocycles. The summed E-state index contributed by atoms with van der Waals surface area (Å²) in [5.41, 5.74) is 1.18. The van der Waals surface area contributed by atoms with Gasteiger partial charge in [-0.15, -0.1) is 0 Å². The Morgan fingerprint density at radius 1 is 1.38 bits per heavy atom. The van der Waals surface area contributed by atoms with Crippen molar-refractivity contribution < 1.29 is 21.6 Å². The second kappa shape index (κ2) is 4.96. The van der Waals surface area contributed by atoms with E-state index in [1.54, 1.807) is 0 Å². The lowest BCUT2D eigenvalue weighted by Gasteiger charge is -1.88. The van der Waals surface area contributed by atoms with Crippen LogP contribution in [0.25, 0.3) is 0 Å². The summed E-state index contributed by atoms with van der Waals surface area (Å²) in [4.78, 5) is 3.19. The number of aromatic amines is 1. The number of nitrogens with zero attached hydrogens (tertiary/aromatic N) is 1. The van der Waals surface area contributed by atoms with Gasteiger partial charge in [0.2, 0.25) is 0 Å². The Morgan fingerprint density at radius 3 is 2.62 bits per heavy atom. The van der Waals surface area contributed by atoms with Crippen LogP contribution >= 0.6 is 15.9 Å². The molecule has 1 N–H and O–H groups in total. The Hall–Kier alpha value is -0.0900. The maximum absolute atomic E-state index is 3.41. The maximum atomic E-state index is 3.41. The first-order chi connectivity index (χ1) is 5.84. The van der Waals surface area contributed by atoms with Crippen LogP contribution in [0.1, 0.15) is 18.5 Å². The van der Waals surface area contributed by atoms with E-state index >= 15 is 0 Å². The highest BCUT2D eigenvalue weighted by Crippen LogP contribution is 2.09. The normalized spacial score (nSPS) is 15.6. The molecule has 0 amide bonds. The molecule has 72 valence electrons. The third kappa shape index (κ3) is 2.95. The molecule has 0 bridgehead atoms. The molecule has 0 saturated carbocycles. The minimum absolute atomic E-state index is 0. The zero-order valence-electron chi connectivity index (χ0n) is 7.26. The Kier molecular flexibility index (Phi) is 4.19. The highest BCUT2D eigenvalue weighted by Gasteiger charge is 2.12. The number of nitrogens with one attached hydrogen (secondary N) is 1. The second-order valence-corrected chi connectivity index (χ2v) is 4.06. The van der Waals surface area contributed by atoms with Gasteiger partial charge in [-0.2, -0.15) is 0 Å². The van der Waals surface area contributed by atoms with Crippen molar-refractivity contribution in [2.45, 2.75) is 12.8 Å². The lowest BCUT2D eigenvalue weighted by Crippen LogP contribution is -3.00. The Labute approximate surface area is 96.9 Å². The summed E-state index contributed by atoms with van der Waals surface area (Å²) in [6.45, 7) is 2.41. The van der Waals surface area contributed by atoms with E-state index < -0.39 is 0 Å². The van der Waals surface area contributed by atoms with Gasteiger partial charge in [0.1, 0.15) is 18.8 Å². The summed E-state index contributed by atoms with van der Waals surface area (Å²) >= 11 is 3.41. The second-order valence-electron chi connectivity index (χ2n) is 3.15. The third-order valence-electron chi connectivity index (χ3n) is 2.13. The molecule has 0 aliphatic carbocycles. The first-order valence-electron chi connectivity index (χ1n) is 4.27. The maximum Gasteiger partial charge on any atom is 0.187 e. The molecule has 1 aliphatic heterocycles. The highest BCUT2D eigenvalue weighted by molar-refractivity contribution is 9.10. The summed E-state index contributed by atoms with van der Waals surface area (Å²) in [7, 11) is 0. The van der Waals surface area contributed by atoms with Gasteiger partial charge in [0.25, 0.3) is 0 Å². The third-order valence-corrected chi connectivity index (χ3v) is 2.59. The zero-order valence-corrected chi connectivity index (χ0v) is 10.4. The molecule has 0 unspecified atom stereocenters. The van der Waals surface area contributed by atoms with Crippen molar-refractivity contribution in [1.29, 1.82) is 0 Å². The van der Waals surface area contributed by atoms with Crippen molar-refractivity contribution in [3.05, 3.63) is 22.4 Å². The van der Waals surface area contributed by atoms with Crippen molar-refractivity contribution >= 4 is 22.1 Å². The summed E-state index contributed by atoms with van der Waals surface area (Å²) < 4.78 is 3.48. The number of H-pyrrole nitrogens is 1. The average Bonchev–Trinajstić information content (AvgIpc) is 2.63. The van der Waals surface area contributed by atoms with E-state index in [1.165, 1.54) is 31.6 Å². The molecule has 1 aromatic heterocycles. The van der Waals surface area contributed by atoms with E-state index in [9.17, 15) is 0 Å². The first-order valence-corrected chi connectivity index (χ1v) is 5.07. The van der Waals surface area contributed by atoms with Crippen LogP contribution in [0.3, 0.4) is 0 Å². The van der Waals surface area contributed by atoms with Gasteiger partial charge in [-0.3, -0.25) is 0 Å². The standard InChI is InChI=1S/C9H11BrN2.BrH/c10-8-5-9(11-6-8)7-12-3-1-2-4-12;/h5-7H,1-4H2;1H. The van der Waals surface area contributed by atoms with Crippen molar-refractivity contribution in [3.8, 4) is 0 Å². The smallest absolute Gasteiger partial charge is 0.187 e. The van der Waals surface area contributed by atoms with Crippen LogP contribution in [0, 0.1) is 0 Å². The number of hydrogen-bond acceptors (Lipinski definition) is 0. The van der Waals surface area contributed by atoms with Gasteiger partial charge in [0.05, 0.1) is 0 Å². The SMILES string of the molecule is Brc1c[nH]c(C=[N+]2CCCC2)c1.[Br-]. The van der Waals surface area contributed by atoms with Gasteiger partial charge in [0.15, 0.2) is 6.21 Å². The molecule has 1 fully saturated rings. The molecule has 0 atom stereocenters. The quantitative estimate of drug-likeness (QED) is 0.643. The lowest BCUT2D eigenvalue weighted by molar-refractivity contribution is -0.500. The molecule has 13 heavy (non-hydrogen) atoms. The fourth-order valence-corrected chi connectivity index (χ4v) is 1.89. The van der Waals surface area contributed by atoms with Crippen LogP contribution < -0.4 is 17.0 Å². The predicted octanol–water partition coefficient (Wildman–Crippen LogP) is -0.994. The molecule has 2 rings (SSSR count). The van der Waals surface area contributed by atoms with E-state index in [0.717, 1.165) is 4.47 Å². The lowest BCUT2D eigenvalue weighted by atomic mass is 10.4. The summed E-state index contributed by atoms with van der Waals surface area (Å²) in [5, 5.41) is 0.